The zero-order valence-electron chi connectivity index (χ0n) is 16.8. The molecule has 0 aliphatic heterocycles. The second kappa shape index (κ2) is 9.87. The maximum absolute atomic E-state index is 12.7. The fourth-order valence-electron chi connectivity index (χ4n) is 3.21. The van der Waals surface area contributed by atoms with Crippen LogP contribution in [0.5, 0.6) is 0 Å². The summed E-state index contributed by atoms with van der Waals surface area (Å²) in [6, 6.07) is 24.2. The lowest BCUT2D eigenvalue weighted by atomic mass is 9.99. The Morgan fingerprint density at radius 3 is 2.39 bits per heavy atom. The Labute approximate surface area is 180 Å². The third-order valence-electron chi connectivity index (χ3n) is 4.79. The number of carbonyl (C=O) groups is 2. The monoisotopic (exact) mass is 409 g/mol. The van der Waals surface area contributed by atoms with E-state index >= 15 is 0 Å². The zero-order valence-corrected chi connectivity index (χ0v) is 16.8. The fraction of sp³-hybridized carbons (Fsp3) is 0.120. The van der Waals surface area contributed by atoms with Gasteiger partial charge in [-0.05, 0) is 47.0 Å². The van der Waals surface area contributed by atoms with Gasteiger partial charge < -0.3 is 10.1 Å². The standard InChI is InChI=1S/C25H19N3O3/c1-31-25(30)23(14-17-5-4-6-18(13-17)15-26)28-24(29)20-11-9-19(10-12-20)22-8-3-2-7-21(22)16-27/h2-13,23H,14H2,1H3,(H,28,29). The van der Waals surface area contributed by atoms with Gasteiger partial charge in [0.15, 0.2) is 0 Å². The molecule has 0 aliphatic carbocycles. The predicted octanol–water partition coefficient (Wildman–Crippen LogP) is 3.61. The summed E-state index contributed by atoms with van der Waals surface area (Å²) >= 11 is 0. The number of amides is 1. The van der Waals surface area contributed by atoms with Crippen LogP contribution in [-0.2, 0) is 16.0 Å². The van der Waals surface area contributed by atoms with Crippen molar-refractivity contribution >= 4 is 11.9 Å². The van der Waals surface area contributed by atoms with Gasteiger partial charge in [-0.2, -0.15) is 10.5 Å². The van der Waals surface area contributed by atoms with E-state index in [1.807, 2.05) is 12.1 Å². The Balaban J connectivity index is 1.78. The van der Waals surface area contributed by atoms with Crippen LogP contribution in [0.3, 0.4) is 0 Å². The lowest BCUT2D eigenvalue weighted by molar-refractivity contribution is -0.142. The molecule has 3 aromatic carbocycles. The number of nitrogens with zero attached hydrogens (tertiary/aromatic N) is 2. The van der Waals surface area contributed by atoms with Crippen LogP contribution in [0.1, 0.15) is 27.0 Å². The van der Waals surface area contributed by atoms with E-state index in [4.69, 9.17) is 10.00 Å². The van der Waals surface area contributed by atoms with Crippen LogP contribution in [0.15, 0.2) is 72.8 Å². The fourth-order valence-corrected chi connectivity index (χ4v) is 3.21. The molecular weight excluding hydrogens is 390 g/mol. The summed E-state index contributed by atoms with van der Waals surface area (Å²) in [6.45, 7) is 0. The van der Waals surface area contributed by atoms with Crippen LogP contribution in [-0.4, -0.2) is 25.0 Å². The van der Waals surface area contributed by atoms with Crippen molar-refractivity contribution < 1.29 is 14.3 Å². The molecule has 0 heterocycles. The molecule has 3 rings (SSSR count). The molecule has 3 aromatic rings. The van der Waals surface area contributed by atoms with Gasteiger partial charge >= 0.3 is 5.97 Å². The number of hydrogen-bond donors (Lipinski definition) is 1. The highest BCUT2D eigenvalue weighted by molar-refractivity contribution is 5.97. The second-order valence-corrected chi connectivity index (χ2v) is 6.80. The number of methoxy groups -OCH3 is 1. The molecule has 1 N–H and O–H groups in total. The minimum absolute atomic E-state index is 0.196. The average molecular weight is 409 g/mol. The van der Waals surface area contributed by atoms with Gasteiger partial charge in [0, 0.05) is 12.0 Å². The van der Waals surface area contributed by atoms with Gasteiger partial charge in [-0.1, -0.05) is 42.5 Å². The maximum Gasteiger partial charge on any atom is 0.328 e. The van der Waals surface area contributed by atoms with Crippen molar-refractivity contribution in [1.29, 1.82) is 10.5 Å². The summed E-state index contributed by atoms with van der Waals surface area (Å²) in [5.74, 6) is -0.998. The normalized spacial score (nSPS) is 10.9. The van der Waals surface area contributed by atoms with E-state index < -0.39 is 17.9 Å². The first-order chi connectivity index (χ1) is 15.0. The largest absolute Gasteiger partial charge is 0.467 e. The van der Waals surface area contributed by atoms with Crippen LogP contribution in [0.4, 0.5) is 0 Å². The van der Waals surface area contributed by atoms with E-state index in [-0.39, 0.29) is 6.42 Å². The summed E-state index contributed by atoms with van der Waals surface area (Å²) in [4.78, 5) is 25.0. The van der Waals surface area contributed by atoms with Gasteiger partial charge in [-0.3, -0.25) is 4.79 Å². The lowest BCUT2D eigenvalue weighted by Crippen LogP contribution is -2.43. The molecule has 0 saturated heterocycles. The van der Waals surface area contributed by atoms with Crippen molar-refractivity contribution in [1.82, 2.24) is 5.32 Å². The number of benzene rings is 3. The summed E-state index contributed by atoms with van der Waals surface area (Å²) < 4.78 is 4.83. The number of esters is 1. The molecule has 6 nitrogen and oxygen atoms in total. The third-order valence-corrected chi connectivity index (χ3v) is 4.79. The lowest BCUT2D eigenvalue weighted by Gasteiger charge is -2.17. The number of ether oxygens (including phenoxy) is 1. The number of carbonyl (C=O) groups excluding carboxylic acids is 2. The maximum atomic E-state index is 12.7. The molecular formula is C25H19N3O3. The van der Waals surface area contributed by atoms with Gasteiger partial charge in [-0.15, -0.1) is 0 Å². The average Bonchev–Trinajstić information content (AvgIpc) is 2.83. The van der Waals surface area contributed by atoms with Crippen LogP contribution >= 0.6 is 0 Å². The minimum Gasteiger partial charge on any atom is -0.467 e. The van der Waals surface area contributed by atoms with Crippen LogP contribution in [0, 0.1) is 22.7 Å². The number of hydrogen-bond acceptors (Lipinski definition) is 5. The van der Waals surface area contributed by atoms with Gasteiger partial charge in [-0.25, -0.2) is 4.79 Å². The van der Waals surface area contributed by atoms with E-state index in [2.05, 4.69) is 17.5 Å². The van der Waals surface area contributed by atoms with E-state index in [1.165, 1.54) is 7.11 Å². The molecule has 0 aliphatic rings. The smallest absolute Gasteiger partial charge is 0.328 e. The molecule has 31 heavy (non-hydrogen) atoms. The highest BCUT2D eigenvalue weighted by Crippen LogP contribution is 2.23. The molecule has 0 aromatic heterocycles. The van der Waals surface area contributed by atoms with Crippen LogP contribution < -0.4 is 5.32 Å². The summed E-state index contributed by atoms with van der Waals surface area (Å²) in [6.07, 6.45) is 0.196. The molecule has 0 bridgehead atoms. The van der Waals surface area contributed by atoms with Crippen molar-refractivity contribution in [3.63, 3.8) is 0 Å². The predicted molar refractivity (Wildman–Crippen MR) is 115 cm³/mol. The Hall–Kier alpha value is -4.42. The van der Waals surface area contributed by atoms with E-state index in [1.54, 1.807) is 60.7 Å². The highest BCUT2D eigenvalue weighted by Gasteiger charge is 2.23. The minimum atomic E-state index is -0.898. The molecule has 0 fully saturated rings. The van der Waals surface area contributed by atoms with Gasteiger partial charge in [0.05, 0.1) is 30.4 Å². The molecule has 152 valence electrons. The molecule has 0 spiro atoms. The van der Waals surface area contributed by atoms with Crippen molar-refractivity contribution in [3.05, 3.63) is 95.1 Å². The molecule has 6 heteroatoms. The van der Waals surface area contributed by atoms with Gasteiger partial charge in [0.2, 0.25) is 0 Å². The third kappa shape index (κ3) is 5.14. The first-order valence-electron chi connectivity index (χ1n) is 9.53. The highest BCUT2D eigenvalue weighted by atomic mass is 16.5. The van der Waals surface area contributed by atoms with Crippen LogP contribution in [0.2, 0.25) is 0 Å². The topological polar surface area (TPSA) is 103 Å². The van der Waals surface area contributed by atoms with E-state index in [0.29, 0.717) is 16.7 Å². The summed E-state index contributed by atoms with van der Waals surface area (Å²) in [5, 5.41) is 21.0. The van der Waals surface area contributed by atoms with Gasteiger partial charge in [0.25, 0.3) is 5.91 Å². The zero-order chi connectivity index (χ0) is 22.2. The Morgan fingerprint density at radius 2 is 1.71 bits per heavy atom. The Kier molecular flexibility index (Phi) is 6.78. The summed E-state index contributed by atoms with van der Waals surface area (Å²) in [7, 11) is 1.26. The van der Waals surface area contributed by atoms with Crippen LogP contribution in [0.25, 0.3) is 11.1 Å². The Bertz CT molecular complexity index is 1190. The van der Waals surface area contributed by atoms with E-state index in [0.717, 1.165) is 16.7 Å². The molecule has 1 atom stereocenters. The van der Waals surface area contributed by atoms with Crippen molar-refractivity contribution in [3.8, 4) is 23.3 Å². The van der Waals surface area contributed by atoms with Gasteiger partial charge in [0.1, 0.15) is 6.04 Å². The molecule has 1 amide bonds. The molecule has 0 radical (unpaired) electrons. The number of rotatable bonds is 6. The second-order valence-electron chi connectivity index (χ2n) is 6.80. The summed E-state index contributed by atoms with van der Waals surface area (Å²) in [5.41, 5.74) is 3.72. The first kappa shape index (κ1) is 21.3. The quantitative estimate of drug-likeness (QED) is 0.627. The molecule has 0 saturated carbocycles. The SMILES string of the molecule is COC(=O)C(Cc1cccc(C#N)c1)NC(=O)c1ccc(-c2ccccc2C#N)cc1. The van der Waals surface area contributed by atoms with Crippen molar-refractivity contribution in [2.45, 2.75) is 12.5 Å². The first-order valence-corrected chi connectivity index (χ1v) is 9.53. The Morgan fingerprint density at radius 1 is 0.968 bits per heavy atom. The number of nitrogens with one attached hydrogen (secondary N) is 1. The van der Waals surface area contributed by atoms with E-state index in [9.17, 15) is 14.9 Å². The molecule has 1 unspecified atom stereocenters. The van der Waals surface area contributed by atoms with Crippen molar-refractivity contribution in [2.75, 3.05) is 7.11 Å². The number of nitriles is 2. The van der Waals surface area contributed by atoms with Crippen molar-refractivity contribution in [2.24, 2.45) is 0 Å².